The maximum atomic E-state index is 2.04. The zero-order valence-electron chi connectivity index (χ0n) is 5.42. The van der Waals surface area contributed by atoms with E-state index in [9.17, 15) is 0 Å². The van der Waals surface area contributed by atoms with Gasteiger partial charge < -0.3 is 2.85 Å². The van der Waals surface area contributed by atoms with Crippen molar-refractivity contribution < 1.29 is 2.85 Å². The molecular weight excluding hydrogens is 120 g/mol. The van der Waals surface area contributed by atoms with Crippen molar-refractivity contribution in [2.24, 2.45) is 0 Å². The van der Waals surface area contributed by atoms with Crippen LogP contribution in [0.2, 0.25) is 0 Å². The Morgan fingerprint density at radius 1 is 1.17 bits per heavy atom. The second-order valence-corrected chi connectivity index (χ2v) is 1.61. The predicted molar refractivity (Wildman–Crippen MR) is 32.3 cm³/mol. The molecule has 0 amide bonds. The summed E-state index contributed by atoms with van der Waals surface area (Å²) in [7, 11) is 0. The number of rotatable bonds is 0. The van der Waals surface area contributed by atoms with Gasteiger partial charge in [-0.05, 0) is 10.8 Å². The van der Waals surface area contributed by atoms with Crippen LogP contribution in [0.1, 0.15) is 2.85 Å². The number of hydrogen-bond acceptors (Lipinski definition) is 1. The molecule has 1 rings (SSSR count). The van der Waals surface area contributed by atoms with Crippen LogP contribution in [-0.2, 0) is 0 Å². The second-order valence-electron chi connectivity index (χ2n) is 0.793. The summed E-state index contributed by atoms with van der Waals surface area (Å²) in [6.07, 6.45) is 0. The molecular formula is C4H6CaS. The third-order valence-corrected chi connectivity index (χ3v) is 1.05. The van der Waals surface area contributed by atoms with Crippen molar-refractivity contribution in [2.45, 2.75) is 0 Å². The maximum Gasteiger partial charge on any atom is 2.00 e. The predicted octanol–water partition coefficient (Wildman–Crippen LogP) is 1.59. The minimum atomic E-state index is 0. The summed E-state index contributed by atoms with van der Waals surface area (Å²) in [6, 6.07) is 4.04. The van der Waals surface area contributed by atoms with Crippen molar-refractivity contribution in [3.63, 3.8) is 0 Å². The van der Waals surface area contributed by atoms with E-state index in [1.165, 1.54) is 0 Å². The van der Waals surface area contributed by atoms with E-state index in [1.54, 1.807) is 11.3 Å². The Kier molecular flexibility index (Phi) is 4.79. The van der Waals surface area contributed by atoms with E-state index in [0.29, 0.717) is 0 Å². The summed E-state index contributed by atoms with van der Waals surface area (Å²) in [4.78, 5) is 0. The summed E-state index contributed by atoms with van der Waals surface area (Å²) in [5, 5.41) is 4.08. The van der Waals surface area contributed by atoms with Gasteiger partial charge in [-0.2, -0.15) is 11.3 Å². The summed E-state index contributed by atoms with van der Waals surface area (Å²) >= 11 is 1.71. The van der Waals surface area contributed by atoms with E-state index in [0.717, 1.165) is 0 Å². The zero-order chi connectivity index (χ0) is 3.54. The van der Waals surface area contributed by atoms with Crippen molar-refractivity contribution in [1.29, 1.82) is 0 Å². The largest absolute Gasteiger partial charge is 2.00 e. The Balaban J connectivity index is -0.0000000833. The fourth-order valence-electron chi connectivity index (χ4n) is 0.227. The molecule has 0 aromatic carbocycles. The van der Waals surface area contributed by atoms with Gasteiger partial charge in [-0.25, -0.2) is 0 Å². The third kappa shape index (κ3) is 2.19. The van der Waals surface area contributed by atoms with Gasteiger partial charge in [0.15, 0.2) is 0 Å². The van der Waals surface area contributed by atoms with Gasteiger partial charge in [-0.1, -0.05) is 12.1 Å². The van der Waals surface area contributed by atoms with E-state index >= 15 is 0 Å². The van der Waals surface area contributed by atoms with Crippen molar-refractivity contribution in [3.05, 3.63) is 22.9 Å². The smallest absolute Gasteiger partial charge is 1.00 e. The Hall–Kier alpha value is 0.960. The molecule has 0 saturated heterocycles. The molecule has 1 heterocycles. The van der Waals surface area contributed by atoms with E-state index in [-0.39, 0.29) is 40.6 Å². The van der Waals surface area contributed by atoms with Gasteiger partial charge in [0, 0.05) is 0 Å². The molecule has 0 unspecified atom stereocenters. The molecule has 0 saturated carbocycles. The molecule has 0 aliphatic carbocycles. The van der Waals surface area contributed by atoms with Crippen LogP contribution < -0.4 is 0 Å². The average Bonchev–Trinajstić information content (AvgIpc) is 1.76. The van der Waals surface area contributed by atoms with Gasteiger partial charge in [0.05, 0.1) is 0 Å². The van der Waals surface area contributed by atoms with E-state index < -0.39 is 0 Å². The van der Waals surface area contributed by atoms with Crippen molar-refractivity contribution in [3.8, 4) is 0 Å². The molecule has 0 N–H and O–H groups in total. The standard InChI is InChI=1S/C4H4S.Ca.2H/c1-2-4-5-3-1;;;/h1-4H;;;/q;+2;2*-1. The van der Waals surface area contributed by atoms with Crippen LogP contribution in [-0.4, -0.2) is 37.7 Å². The molecule has 0 radical (unpaired) electrons. The minimum absolute atomic E-state index is 0. The fraction of sp³-hybridized carbons (Fsp3) is 0. The molecule has 0 spiro atoms. The third-order valence-electron chi connectivity index (χ3n) is 0.425. The zero-order valence-corrected chi connectivity index (χ0v) is 6.45. The summed E-state index contributed by atoms with van der Waals surface area (Å²) in [5.41, 5.74) is 0. The van der Waals surface area contributed by atoms with Gasteiger partial charge in [0.25, 0.3) is 0 Å². The van der Waals surface area contributed by atoms with Crippen molar-refractivity contribution >= 4 is 49.1 Å². The van der Waals surface area contributed by atoms with Crippen molar-refractivity contribution in [2.75, 3.05) is 0 Å². The van der Waals surface area contributed by atoms with Crippen molar-refractivity contribution in [1.82, 2.24) is 0 Å². The maximum absolute atomic E-state index is 2.04. The van der Waals surface area contributed by atoms with Crippen LogP contribution >= 0.6 is 11.3 Å². The normalized spacial score (nSPS) is 6.67. The summed E-state index contributed by atoms with van der Waals surface area (Å²) < 4.78 is 0. The molecule has 0 fully saturated rings. The Morgan fingerprint density at radius 2 is 1.67 bits per heavy atom. The summed E-state index contributed by atoms with van der Waals surface area (Å²) in [5.74, 6) is 0. The SMILES string of the molecule is [Ca+2].[H-].[H-].c1ccsc1. The van der Waals surface area contributed by atoms with Crippen LogP contribution in [0.4, 0.5) is 0 Å². The van der Waals surface area contributed by atoms with E-state index in [2.05, 4.69) is 0 Å². The molecule has 0 nitrogen and oxygen atoms in total. The molecule has 0 bridgehead atoms. The molecule has 0 atom stereocenters. The molecule has 1 aromatic heterocycles. The Labute approximate surface area is 74.2 Å². The number of hydrogen-bond donors (Lipinski definition) is 0. The fourth-order valence-corrected chi connectivity index (χ4v) is 0.680. The molecule has 30 valence electrons. The first-order valence-corrected chi connectivity index (χ1v) is 2.41. The second kappa shape index (κ2) is 4.13. The monoisotopic (exact) mass is 126 g/mol. The van der Waals surface area contributed by atoms with Crippen LogP contribution in [0.25, 0.3) is 0 Å². The van der Waals surface area contributed by atoms with Crippen LogP contribution in [0.3, 0.4) is 0 Å². The quantitative estimate of drug-likeness (QED) is 0.463. The van der Waals surface area contributed by atoms with Gasteiger partial charge in [-0.15, -0.1) is 0 Å². The van der Waals surface area contributed by atoms with Gasteiger partial charge in [0.1, 0.15) is 0 Å². The first kappa shape index (κ1) is 6.96. The van der Waals surface area contributed by atoms with Gasteiger partial charge >= 0.3 is 37.7 Å². The van der Waals surface area contributed by atoms with E-state index in [4.69, 9.17) is 0 Å². The van der Waals surface area contributed by atoms with Crippen LogP contribution in [0.15, 0.2) is 22.9 Å². The topological polar surface area (TPSA) is 0 Å². The number of thiophene rings is 1. The molecule has 0 aliphatic heterocycles. The molecule has 0 aliphatic rings. The average molecular weight is 126 g/mol. The van der Waals surface area contributed by atoms with Gasteiger partial charge in [0.2, 0.25) is 0 Å². The van der Waals surface area contributed by atoms with E-state index in [1.807, 2.05) is 22.9 Å². The minimum Gasteiger partial charge on any atom is -1.00 e. The summed E-state index contributed by atoms with van der Waals surface area (Å²) in [6.45, 7) is 0. The van der Waals surface area contributed by atoms with Crippen LogP contribution in [0, 0.1) is 0 Å². The first-order chi connectivity index (χ1) is 2.50. The Morgan fingerprint density at radius 3 is 1.83 bits per heavy atom. The first-order valence-electron chi connectivity index (χ1n) is 1.47. The Bertz CT molecular complexity index is 70.5. The molecule has 2 heteroatoms. The molecule has 6 heavy (non-hydrogen) atoms. The molecule has 1 aromatic rings. The van der Waals surface area contributed by atoms with Gasteiger partial charge in [-0.3, -0.25) is 0 Å². The van der Waals surface area contributed by atoms with Crippen LogP contribution in [0.5, 0.6) is 0 Å².